The fourth-order valence-corrected chi connectivity index (χ4v) is 2.33. The van der Waals surface area contributed by atoms with E-state index in [4.69, 9.17) is 9.84 Å². The summed E-state index contributed by atoms with van der Waals surface area (Å²) in [6, 6.07) is 8.59. The summed E-state index contributed by atoms with van der Waals surface area (Å²) in [5.74, 6) is 0. The molecule has 0 bridgehead atoms. The Kier molecular flexibility index (Phi) is 5.39. The van der Waals surface area contributed by atoms with Crippen LogP contribution in [0.4, 0.5) is 0 Å². The minimum absolute atomic E-state index is 0.0784. The Morgan fingerprint density at radius 3 is 2.71 bits per heavy atom. The SMILES string of the molecule is CC(C)(C)NCc1cccc2c1ccn2CCOCCO. The van der Waals surface area contributed by atoms with Crippen molar-refractivity contribution in [2.24, 2.45) is 0 Å². The number of hydrogen-bond donors (Lipinski definition) is 2. The molecule has 2 N–H and O–H groups in total. The van der Waals surface area contributed by atoms with Crippen LogP contribution in [0.25, 0.3) is 10.9 Å². The number of benzene rings is 1. The van der Waals surface area contributed by atoms with Gasteiger partial charge in [0.2, 0.25) is 0 Å². The second kappa shape index (κ2) is 7.07. The molecular weight excluding hydrogens is 264 g/mol. The third-order valence-electron chi connectivity index (χ3n) is 3.43. The minimum atomic E-state index is 0.0784. The second-order valence-electron chi connectivity index (χ2n) is 6.30. The Balaban J connectivity index is 2.09. The van der Waals surface area contributed by atoms with E-state index in [0.29, 0.717) is 13.2 Å². The van der Waals surface area contributed by atoms with Crippen molar-refractivity contribution in [2.45, 2.75) is 39.4 Å². The number of fused-ring (bicyclic) bond motifs is 1. The Hall–Kier alpha value is -1.36. The van der Waals surface area contributed by atoms with Crippen molar-refractivity contribution in [3.8, 4) is 0 Å². The molecule has 0 aliphatic rings. The Morgan fingerprint density at radius 1 is 1.19 bits per heavy atom. The highest BCUT2D eigenvalue weighted by Crippen LogP contribution is 2.21. The first-order valence-electron chi connectivity index (χ1n) is 7.51. The summed E-state index contributed by atoms with van der Waals surface area (Å²) >= 11 is 0. The van der Waals surface area contributed by atoms with E-state index < -0.39 is 0 Å². The molecule has 2 rings (SSSR count). The van der Waals surface area contributed by atoms with Crippen LogP contribution in [0.2, 0.25) is 0 Å². The van der Waals surface area contributed by atoms with E-state index in [9.17, 15) is 0 Å². The summed E-state index contributed by atoms with van der Waals surface area (Å²) in [4.78, 5) is 0. The second-order valence-corrected chi connectivity index (χ2v) is 6.30. The van der Waals surface area contributed by atoms with Gasteiger partial charge in [0.25, 0.3) is 0 Å². The van der Waals surface area contributed by atoms with Crippen LogP contribution in [0.1, 0.15) is 26.3 Å². The van der Waals surface area contributed by atoms with Crippen molar-refractivity contribution in [3.63, 3.8) is 0 Å². The normalized spacial score (nSPS) is 12.2. The van der Waals surface area contributed by atoms with Gasteiger partial charge in [-0.3, -0.25) is 0 Å². The van der Waals surface area contributed by atoms with Crippen molar-refractivity contribution in [1.82, 2.24) is 9.88 Å². The molecular formula is C17H26N2O2. The van der Waals surface area contributed by atoms with Crippen molar-refractivity contribution in [1.29, 1.82) is 0 Å². The van der Waals surface area contributed by atoms with E-state index in [-0.39, 0.29) is 12.1 Å². The third-order valence-corrected chi connectivity index (χ3v) is 3.43. The summed E-state index contributed by atoms with van der Waals surface area (Å²) in [5.41, 5.74) is 2.66. The molecule has 1 aromatic heterocycles. The van der Waals surface area contributed by atoms with Crippen molar-refractivity contribution in [2.75, 3.05) is 19.8 Å². The highest BCUT2D eigenvalue weighted by molar-refractivity contribution is 5.83. The fraction of sp³-hybridized carbons (Fsp3) is 0.529. The number of nitrogens with one attached hydrogen (secondary N) is 1. The molecule has 4 nitrogen and oxygen atoms in total. The summed E-state index contributed by atoms with van der Waals surface area (Å²) in [6.45, 7) is 9.31. The summed E-state index contributed by atoms with van der Waals surface area (Å²) in [6.07, 6.45) is 2.10. The summed E-state index contributed by atoms with van der Waals surface area (Å²) < 4.78 is 7.55. The van der Waals surface area contributed by atoms with Crippen LogP contribution in [0.3, 0.4) is 0 Å². The van der Waals surface area contributed by atoms with Gasteiger partial charge in [0.15, 0.2) is 0 Å². The molecule has 0 saturated heterocycles. The molecule has 1 aromatic carbocycles. The van der Waals surface area contributed by atoms with Crippen LogP contribution in [0, 0.1) is 0 Å². The zero-order valence-corrected chi connectivity index (χ0v) is 13.2. The number of aliphatic hydroxyl groups is 1. The predicted molar refractivity (Wildman–Crippen MR) is 86.4 cm³/mol. The van der Waals surface area contributed by atoms with Gasteiger partial charge in [-0.15, -0.1) is 0 Å². The van der Waals surface area contributed by atoms with Gasteiger partial charge in [-0.1, -0.05) is 12.1 Å². The van der Waals surface area contributed by atoms with Gasteiger partial charge >= 0.3 is 0 Å². The third kappa shape index (κ3) is 4.56. The van der Waals surface area contributed by atoms with Crippen LogP contribution < -0.4 is 5.32 Å². The molecule has 0 aliphatic heterocycles. The van der Waals surface area contributed by atoms with E-state index in [1.165, 1.54) is 16.5 Å². The van der Waals surface area contributed by atoms with Crippen molar-refractivity contribution < 1.29 is 9.84 Å². The lowest BCUT2D eigenvalue weighted by Gasteiger charge is -2.21. The van der Waals surface area contributed by atoms with E-state index >= 15 is 0 Å². The first-order chi connectivity index (χ1) is 10.0. The number of ether oxygens (including phenoxy) is 1. The lowest BCUT2D eigenvalue weighted by Crippen LogP contribution is -2.35. The van der Waals surface area contributed by atoms with Gasteiger partial charge in [-0.05, 0) is 38.5 Å². The number of aliphatic hydroxyl groups excluding tert-OH is 1. The van der Waals surface area contributed by atoms with Crippen molar-refractivity contribution >= 4 is 10.9 Å². The van der Waals surface area contributed by atoms with Gasteiger partial charge in [0.05, 0.1) is 19.8 Å². The average molecular weight is 290 g/mol. The van der Waals surface area contributed by atoms with Gasteiger partial charge in [0, 0.05) is 35.7 Å². The quantitative estimate of drug-likeness (QED) is 0.770. The van der Waals surface area contributed by atoms with E-state index in [2.05, 4.69) is 61.1 Å². The topological polar surface area (TPSA) is 46.4 Å². The average Bonchev–Trinajstić information content (AvgIpc) is 2.84. The van der Waals surface area contributed by atoms with Crippen LogP contribution in [-0.2, 0) is 17.8 Å². The van der Waals surface area contributed by atoms with Crippen LogP contribution in [-0.4, -0.2) is 35.0 Å². The van der Waals surface area contributed by atoms with E-state index in [1.807, 2.05) is 0 Å². The number of hydrogen-bond acceptors (Lipinski definition) is 3. The van der Waals surface area contributed by atoms with Gasteiger partial charge in [-0.2, -0.15) is 0 Å². The smallest absolute Gasteiger partial charge is 0.0698 e. The zero-order valence-electron chi connectivity index (χ0n) is 13.2. The Bertz CT molecular complexity index is 570. The standard InChI is InChI=1S/C17H26N2O2/c1-17(2,3)18-13-14-5-4-6-16-15(14)7-8-19(16)9-11-21-12-10-20/h4-8,18,20H,9-13H2,1-3H3. The number of rotatable bonds is 7. The molecule has 2 aromatic rings. The molecule has 0 saturated carbocycles. The van der Waals surface area contributed by atoms with Gasteiger partial charge in [-0.25, -0.2) is 0 Å². The maximum absolute atomic E-state index is 8.72. The molecule has 0 unspecified atom stereocenters. The lowest BCUT2D eigenvalue weighted by atomic mass is 10.1. The molecule has 0 atom stereocenters. The van der Waals surface area contributed by atoms with Gasteiger partial charge in [0.1, 0.15) is 0 Å². The first kappa shape index (κ1) is 16.0. The largest absolute Gasteiger partial charge is 0.394 e. The van der Waals surface area contributed by atoms with Crippen LogP contribution in [0.15, 0.2) is 30.5 Å². The fourth-order valence-electron chi connectivity index (χ4n) is 2.33. The first-order valence-corrected chi connectivity index (χ1v) is 7.51. The van der Waals surface area contributed by atoms with Crippen LogP contribution >= 0.6 is 0 Å². The zero-order chi connectivity index (χ0) is 15.3. The van der Waals surface area contributed by atoms with E-state index in [1.54, 1.807) is 0 Å². The monoisotopic (exact) mass is 290 g/mol. The Morgan fingerprint density at radius 2 is 2.00 bits per heavy atom. The molecule has 0 spiro atoms. The molecule has 116 valence electrons. The highest BCUT2D eigenvalue weighted by Gasteiger charge is 2.11. The highest BCUT2D eigenvalue weighted by atomic mass is 16.5. The molecule has 4 heteroatoms. The van der Waals surface area contributed by atoms with E-state index in [0.717, 1.165) is 13.1 Å². The number of nitrogens with zero attached hydrogens (tertiary/aromatic N) is 1. The number of aromatic nitrogens is 1. The maximum Gasteiger partial charge on any atom is 0.0698 e. The lowest BCUT2D eigenvalue weighted by molar-refractivity contribution is 0.0875. The summed E-state index contributed by atoms with van der Waals surface area (Å²) in [7, 11) is 0. The molecule has 1 heterocycles. The molecule has 0 aliphatic carbocycles. The summed E-state index contributed by atoms with van der Waals surface area (Å²) in [5, 5.41) is 13.5. The van der Waals surface area contributed by atoms with Gasteiger partial charge < -0.3 is 19.7 Å². The molecule has 0 radical (unpaired) electrons. The molecule has 0 amide bonds. The van der Waals surface area contributed by atoms with Crippen LogP contribution in [0.5, 0.6) is 0 Å². The Labute approximate surface area is 126 Å². The predicted octanol–water partition coefficient (Wildman–Crippen LogP) is 2.54. The minimum Gasteiger partial charge on any atom is -0.394 e. The molecule has 0 fully saturated rings. The molecule has 21 heavy (non-hydrogen) atoms. The maximum atomic E-state index is 8.72. The van der Waals surface area contributed by atoms with Crippen molar-refractivity contribution in [3.05, 3.63) is 36.0 Å².